The third-order valence-electron chi connectivity index (χ3n) is 4.89. The van der Waals surface area contributed by atoms with Gasteiger partial charge in [0.25, 0.3) is 11.5 Å². The fraction of sp³-hybridized carbons (Fsp3) is 0.150. The summed E-state index contributed by atoms with van der Waals surface area (Å²) < 4.78 is 7.24. The van der Waals surface area contributed by atoms with Gasteiger partial charge in [-0.1, -0.05) is 29.5 Å². The van der Waals surface area contributed by atoms with E-state index in [0.29, 0.717) is 28.2 Å². The van der Waals surface area contributed by atoms with Crippen molar-refractivity contribution in [2.24, 2.45) is 4.99 Å². The van der Waals surface area contributed by atoms with Crippen molar-refractivity contribution in [2.75, 3.05) is 24.0 Å². The van der Waals surface area contributed by atoms with Crippen LogP contribution in [0.15, 0.2) is 58.3 Å². The molecule has 5 rings (SSSR count). The predicted octanol–water partition coefficient (Wildman–Crippen LogP) is 1.12. The number of benzene rings is 2. The van der Waals surface area contributed by atoms with E-state index in [1.54, 1.807) is 11.7 Å². The van der Waals surface area contributed by atoms with Crippen molar-refractivity contribution in [3.63, 3.8) is 0 Å². The van der Waals surface area contributed by atoms with Crippen LogP contribution in [0.4, 0.5) is 11.4 Å². The normalized spacial score (nSPS) is 16.9. The molecule has 0 atom stereocenters. The first-order valence-corrected chi connectivity index (χ1v) is 9.55. The van der Waals surface area contributed by atoms with Gasteiger partial charge in [-0.15, -0.1) is 0 Å². The van der Waals surface area contributed by atoms with Crippen molar-refractivity contribution in [3.8, 4) is 5.75 Å². The maximum Gasteiger partial charge on any atom is 0.272 e. The Kier molecular flexibility index (Phi) is 3.80. The number of fused-ring (bicyclic) bond motifs is 2. The number of hydrogen-bond donors (Lipinski definition) is 1. The average molecular weight is 392 g/mol. The Hall–Kier alpha value is -3.39. The van der Waals surface area contributed by atoms with E-state index >= 15 is 0 Å². The van der Waals surface area contributed by atoms with Gasteiger partial charge in [0.1, 0.15) is 23.6 Å². The van der Waals surface area contributed by atoms with Crippen LogP contribution in [0.5, 0.6) is 5.75 Å². The second kappa shape index (κ2) is 6.35. The van der Waals surface area contributed by atoms with E-state index in [-0.39, 0.29) is 11.5 Å². The number of aromatic nitrogens is 1. The number of nitrogens with zero attached hydrogens (tertiary/aromatic N) is 3. The zero-order chi connectivity index (χ0) is 19.3. The van der Waals surface area contributed by atoms with E-state index in [1.165, 1.54) is 11.3 Å². The average Bonchev–Trinajstić information content (AvgIpc) is 3.23. The Morgan fingerprint density at radius 2 is 1.89 bits per heavy atom. The highest BCUT2D eigenvalue weighted by atomic mass is 32.1. The molecule has 2 aliphatic heterocycles. The highest BCUT2D eigenvalue weighted by Crippen LogP contribution is 2.29. The second-order valence-corrected chi connectivity index (χ2v) is 7.48. The molecule has 140 valence electrons. The van der Waals surface area contributed by atoms with Crippen LogP contribution in [0, 0.1) is 0 Å². The quantitative estimate of drug-likeness (QED) is 0.709. The highest BCUT2D eigenvalue weighted by molar-refractivity contribution is 7.07. The Balaban J connectivity index is 1.60. The van der Waals surface area contributed by atoms with Crippen LogP contribution in [-0.2, 0) is 11.5 Å². The van der Waals surface area contributed by atoms with Crippen molar-refractivity contribution in [2.45, 2.75) is 6.67 Å². The number of amides is 1. The molecule has 0 radical (unpaired) electrons. The lowest BCUT2D eigenvalue weighted by Crippen LogP contribution is -2.43. The standard InChI is InChI=1S/C20H16N4O3S/c1-27-13-8-6-12(7-9-13)23-10-21-20-24(11-23)19(26)17(28-20)16-14-4-2-3-5-15(14)22-18(16)25/h2-9H,10-11H2,1H3,(H,22,25)/b17-16+. The summed E-state index contributed by atoms with van der Waals surface area (Å²) in [7, 11) is 1.62. The van der Waals surface area contributed by atoms with E-state index in [2.05, 4.69) is 10.3 Å². The lowest BCUT2D eigenvalue weighted by molar-refractivity contribution is -0.110. The summed E-state index contributed by atoms with van der Waals surface area (Å²) in [4.78, 5) is 32.8. The first kappa shape index (κ1) is 16.8. The summed E-state index contributed by atoms with van der Waals surface area (Å²) in [6.45, 7) is 0.834. The van der Waals surface area contributed by atoms with Gasteiger partial charge < -0.3 is 15.0 Å². The molecule has 28 heavy (non-hydrogen) atoms. The van der Waals surface area contributed by atoms with Gasteiger partial charge in [-0.05, 0) is 30.3 Å². The molecule has 2 aliphatic rings. The molecule has 0 spiro atoms. The number of anilines is 2. The Labute approximate surface area is 163 Å². The molecule has 1 amide bonds. The summed E-state index contributed by atoms with van der Waals surface area (Å²) in [6, 6.07) is 15.0. The first-order valence-electron chi connectivity index (χ1n) is 8.74. The zero-order valence-corrected chi connectivity index (χ0v) is 15.8. The maximum absolute atomic E-state index is 13.1. The molecular weight excluding hydrogens is 376 g/mol. The van der Waals surface area contributed by atoms with Gasteiger partial charge in [0.2, 0.25) is 0 Å². The first-order chi connectivity index (χ1) is 13.7. The summed E-state index contributed by atoms with van der Waals surface area (Å²) in [6.07, 6.45) is 0. The van der Waals surface area contributed by atoms with E-state index < -0.39 is 0 Å². The van der Waals surface area contributed by atoms with Crippen LogP contribution in [0.25, 0.3) is 5.57 Å². The minimum Gasteiger partial charge on any atom is -0.497 e. The molecule has 1 N–H and O–H groups in total. The van der Waals surface area contributed by atoms with Crippen molar-refractivity contribution in [1.29, 1.82) is 0 Å². The van der Waals surface area contributed by atoms with Crippen LogP contribution in [0.3, 0.4) is 0 Å². The van der Waals surface area contributed by atoms with Crippen LogP contribution in [-0.4, -0.2) is 24.3 Å². The maximum atomic E-state index is 13.1. The van der Waals surface area contributed by atoms with Gasteiger partial charge in [-0.3, -0.25) is 14.2 Å². The lowest BCUT2D eigenvalue weighted by atomic mass is 10.1. The molecule has 8 heteroatoms. The number of hydrogen-bond acceptors (Lipinski definition) is 6. The van der Waals surface area contributed by atoms with Crippen LogP contribution in [0.2, 0.25) is 0 Å². The number of carbonyl (C=O) groups is 1. The van der Waals surface area contributed by atoms with Crippen LogP contribution >= 0.6 is 11.3 Å². The molecule has 2 aromatic carbocycles. The minimum absolute atomic E-state index is 0.191. The van der Waals surface area contributed by atoms with Crippen molar-refractivity contribution in [1.82, 2.24) is 4.57 Å². The Morgan fingerprint density at radius 3 is 2.68 bits per heavy atom. The summed E-state index contributed by atoms with van der Waals surface area (Å²) in [5.41, 5.74) is 2.68. The third-order valence-corrected chi connectivity index (χ3v) is 6.00. The van der Waals surface area contributed by atoms with Gasteiger partial charge in [0.05, 0.1) is 12.7 Å². The number of rotatable bonds is 2. The minimum atomic E-state index is -0.246. The van der Waals surface area contributed by atoms with E-state index in [1.807, 2.05) is 53.4 Å². The van der Waals surface area contributed by atoms with Gasteiger partial charge in [-0.25, -0.2) is 4.99 Å². The summed E-state index contributed by atoms with van der Waals surface area (Å²) in [5, 5.41) is 2.83. The van der Waals surface area contributed by atoms with Crippen LogP contribution in [0.1, 0.15) is 5.56 Å². The second-order valence-electron chi connectivity index (χ2n) is 6.50. The predicted molar refractivity (Wildman–Crippen MR) is 107 cm³/mol. The molecule has 0 bridgehead atoms. The van der Waals surface area contributed by atoms with E-state index in [9.17, 15) is 9.59 Å². The molecule has 3 aromatic rings. The number of nitrogens with one attached hydrogen (secondary N) is 1. The third kappa shape index (κ3) is 2.53. The van der Waals surface area contributed by atoms with Crippen LogP contribution < -0.4 is 29.8 Å². The monoisotopic (exact) mass is 392 g/mol. The number of ether oxygens (including phenoxy) is 1. The van der Waals surface area contributed by atoms with Gasteiger partial charge >= 0.3 is 0 Å². The van der Waals surface area contributed by atoms with E-state index in [0.717, 1.165) is 22.7 Å². The van der Waals surface area contributed by atoms with Crippen molar-refractivity contribution in [3.05, 3.63) is 73.8 Å². The highest BCUT2D eigenvalue weighted by Gasteiger charge is 2.27. The molecule has 7 nitrogen and oxygen atoms in total. The molecule has 0 fully saturated rings. The summed E-state index contributed by atoms with van der Waals surface area (Å²) in [5.74, 6) is 0.528. The SMILES string of the molecule is COc1ccc(N2CN=c3s/c(=C4/C(=O)Nc5ccccc54)c(=O)n3C2)cc1. The Bertz CT molecular complexity index is 1270. The van der Waals surface area contributed by atoms with E-state index in [4.69, 9.17) is 4.74 Å². The molecule has 0 aliphatic carbocycles. The number of carbonyl (C=O) groups excluding carboxylic acids is 1. The number of thiazole rings is 1. The fourth-order valence-corrected chi connectivity index (χ4v) is 4.52. The zero-order valence-electron chi connectivity index (χ0n) is 15.0. The fourth-order valence-electron chi connectivity index (χ4n) is 3.46. The van der Waals surface area contributed by atoms with Gasteiger partial charge in [0.15, 0.2) is 4.80 Å². The summed E-state index contributed by atoms with van der Waals surface area (Å²) >= 11 is 1.27. The Morgan fingerprint density at radius 1 is 1.11 bits per heavy atom. The van der Waals surface area contributed by atoms with Crippen molar-refractivity contribution < 1.29 is 9.53 Å². The molecule has 0 saturated heterocycles. The smallest absolute Gasteiger partial charge is 0.272 e. The molecule has 3 heterocycles. The lowest BCUT2D eigenvalue weighted by Gasteiger charge is -2.25. The van der Waals surface area contributed by atoms with Crippen molar-refractivity contribution >= 4 is 34.2 Å². The molecule has 0 saturated carbocycles. The molecule has 1 aromatic heterocycles. The molecule has 0 unspecified atom stereocenters. The topological polar surface area (TPSA) is 75.9 Å². The van der Waals surface area contributed by atoms with Gasteiger partial charge in [0, 0.05) is 16.9 Å². The number of para-hydroxylation sites is 1. The largest absolute Gasteiger partial charge is 0.497 e. The molecular formula is C20H16N4O3S. The van der Waals surface area contributed by atoms with Gasteiger partial charge in [-0.2, -0.15) is 0 Å². The number of methoxy groups -OCH3 is 1.